The zero-order valence-corrected chi connectivity index (χ0v) is 12.6. The molecule has 1 aromatic rings. The zero-order chi connectivity index (χ0) is 16.1. The van der Waals surface area contributed by atoms with Crippen molar-refractivity contribution in [1.29, 1.82) is 0 Å². The number of esters is 2. The predicted octanol–water partition coefficient (Wildman–Crippen LogP) is 2.27. The van der Waals surface area contributed by atoms with Crippen molar-refractivity contribution in [3.63, 3.8) is 0 Å². The van der Waals surface area contributed by atoms with E-state index in [1.165, 1.54) is 0 Å². The molecule has 6 nitrogen and oxygen atoms in total. The summed E-state index contributed by atoms with van der Waals surface area (Å²) in [5, 5.41) is 13.3. The Morgan fingerprint density at radius 2 is 1.91 bits per heavy atom. The molecule has 2 N–H and O–H groups in total. The van der Waals surface area contributed by atoms with Gasteiger partial charge < -0.3 is 19.9 Å². The van der Waals surface area contributed by atoms with Crippen molar-refractivity contribution in [2.45, 2.75) is 26.3 Å². The van der Waals surface area contributed by atoms with Crippen LogP contribution in [0.3, 0.4) is 0 Å². The highest BCUT2D eigenvalue weighted by Crippen LogP contribution is 2.32. The number of aliphatic hydroxyl groups is 1. The highest BCUT2D eigenvalue weighted by Gasteiger charge is 2.31. The molecule has 2 rings (SSSR count). The quantitative estimate of drug-likeness (QED) is 0.830. The van der Waals surface area contributed by atoms with Crippen molar-refractivity contribution in [3.8, 4) is 0 Å². The van der Waals surface area contributed by atoms with Crippen molar-refractivity contribution in [3.05, 3.63) is 35.6 Å². The molecule has 1 heterocycles. The number of aliphatic hydroxyl groups excluding tert-OH is 1. The summed E-state index contributed by atoms with van der Waals surface area (Å²) in [6, 6.07) is 6.20. The zero-order valence-electron chi connectivity index (χ0n) is 12.6. The fourth-order valence-corrected chi connectivity index (χ4v) is 2.33. The van der Waals surface area contributed by atoms with E-state index >= 15 is 0 Å². The Balaban J connectivity index is 2.45. The second-order valence-corrected chi connectivity index (χ2v) is 4.74. The summed E-state index contributed by atoms with van der Waals surface area (Å²) in [5.41, 5.74) is 1.16. The number of rotatable bonds is 4. The Kier molecular flexibility index (Phi) is 5.04. The van der Waals surface area contributed by atoms with Crippen LogP contribution in [-0.2, 0) is 19.1 Å². The average Bonchev–Trinajstić information content (AvgIpc) is 2.63. The summed E-state index contributed by atoms with van der Waals surface area (Å²) in [5.74, 6) is -1.28. The number of carbonyl (C=O) groups excluding carboxylic acids is 2. The maximum Gasteiger partial charge on any atom is 0.342 e. The van der Waals surface area contributed by atoms with Gasteiger partial charge in [-0.05, 0) is 19.9 Å². The number of anilines is 1. The van der Waals surface area contributed by atoms with Crippen LogP contribution in [0, 0.1) is 0 Å². The van der Waals surface area contributed by atoms with Crippen molar-refractivity contribution in [1.82, 2.24) is 0 Å². The molecule has 1 aliphatic heterocycles. The van der Waals surface area contributed by atoms with Crippen LogP contribution in [0.25, 0.3) is 5.57 Å². The van der Waals surface area contributed by atoms with Crippen LogP contribution in [0.4, 0.5) is 5.69 Å². The number of para-hydroxylation sites is 1. The third-order valence-electron chi connectivity index (χ3n) is 3.26. The average molecular weight is 305 g/mol. The third kappa shape index (κ3) is 3.21. The van der Waals surface area contributed by atoms with Gasteiger partial charge in [0.15, 0.2) is 0 Å². The first-order valence-electron chi connectivity index (χ1n) is 7.20. The SMILES string of the molecule is CCOC(=O)C1=C(O)C[C@H](C(=O)OCC)Nc2ccccc21. The topological polar surface area (TPSA) is 84.9 Å². The summed E-state index contributed by atoms with van der Waals surface area (Å²) in [4.78, 5) is 24.1. The minimum atomic E-state index is -0.756. The summed E-state index contributed by atoms with van der Waals surface area (Å²) >= 11 is 0. The van der Waals surface area contributed by atoms with Crippen LogP contribution in [0.5, 0.6) is 0 Å². The van der Waals surface area contributed by atoms with Gasteiger partial charge in [-0.25, -0.2) is 9.59 Å². The van der Waals surface area contributed by atoms with Gasteiger partial charge in [0, 0.05) is 17.7 Å². The van der Waals surface area contributed by atoms with E-state index in [-0.39, 0.29) is 31.0 Å². The summed E-state index contributed by atoms with van der Waals surface area (Å²) in [6.07, 6.45) is -0.0400. The highest BCUT2D eigenvalue weighted by molar-refractivity contribution is 6.19. The lowest BCUT2D eigenvalue weighted by molar-refractivity contribution is -0.144. The first kappa shape index (κ1) is 15.9. The van der Waals surface area contributed by atoms with Crippen LogP contribution in [0.1, 0.15) is 25.8 Å². The number of hydrogen-bond donors (Lipinski definition) is 2. The van der Waals surface area contributed by atoms with E-state index in [1.807, 2.05) is 0 Å². The molecule has 0 radical (unpaired) electrons. The first-order chi connectivity index (χ1) is 10.6. The fraction of sp³-hybridized carbons (Fsp3) is 0.375. The van der Waals surface area contributed by atoms with E-state index in [2.05, 4.69) is 5.32 Å². The molecule has 1 aromatic carbocycles. The first-order valence-corrected chi connectivity index (χ1v) is 7.20. The summed E-state index contributed by atoms with van der Waals surface area (Å²) in [6.45, 7) is 3.85. The molecule has 0 unspecified atom stereocenters. The van der Waals surface area contributed by atoms with E-state index in [0.29, 0.717) is 11.3 Å². The van der Waals surface area contributed by atoms with E-state index in [0.717, 1.165) is 0 Å². The van der Waals surface area contributed by atoms with Crippen LogP contribution in [0.2, 0.25) is 0 Å². The summed E-state index contributed by atoms with van der Waals surface area (Å²) < 4.78 is 10.00. The van der Waals surface area contributed by atoms with Gasteiger partial charge in [-0.1, -0.05) is 18.2 Å². The van der Waals surface area contributed by atoms with Gasteiger partial charge in [0.1, 0.15) is 17.4 Å². The summed E-state index contributed by atoms with van der Waals surface area (Å²) in [7, 11) is 0. The molecule has 6 heteroatoms. The second-order valence-electron chi connectivity index (χ2n) is 4.74. The van der Waals surface area contributed by atoms with Gasteiger partial charge >= 0.3 is 11.9 Å². The number of ether oxygens (including phenoxy) is 2. The predicted molar refractivity (Wildman–Crippen MR) is 81.3 cm³/mol. The monoisotopic (exact) mass is 305 g/mol. The molecule has 0 amide bonds. The number of carbonyl (C=O) groups is 2. The van der Waals surface area contributed by atoms with E-state index in [1.54, 1.807) is 38.1 Å². The van der Waals surface area contributed by atoms with Crippen LogP contribution >= 0.6 is 0 Å². The van der Waals surface area contributed by atoms with Crippen molar-refractivity contribution in [2.75, 3.05) is 18.5 Å². The van der Waals surface area contributed by atoms with Gasteiger partial charge in [-0.2, -0.15) is 0 Å². The maximum atomic E-state index is 12.1. The molecule has 0 aliphatic carbocycles. The Bertz CT molecular complexity index is 608. The highest BCUT2D eigenvalue weighted by atomic mass is 16.5. The van der Waals surface area contributed by atoms with Crippen LogP contribution in [0.15, 0.2) is 30.0 Å². The van der Waals surface area contributed by atoms with Gasteiger partial charge in [-0.15, -0.1) is 0 Å². The number of nitrogens with one attached hydrogen (secondary N) is 1. The van der Waals surface area contributed by atoms with Crippen molar-refractivity contribution < 1.29 is 24.2 Å². The lowest BCUT2D eigenvalue weighted by Gasteiger charge is -2.16. The molecule has 118 valence electrons. The molecule has 0 fully saturated rings. The minimum absolute atomic E-state index is 0.0400. The molecular formula is C16H19NO5. The second kappa shape index (κ2) is 6.98. The van der Waals surface area contributed by atoms with Crippen molar-refractivity contribution in [2.24, 2.45) is 0 Å². The Morgan fingerprint density at radius 1 is 1.23 bits per heavy atom. The number of fused-ring (bicyclic) bond motifs is 1. The Hall–Kier alpha value is -2.50. The normalized spacial score (nSPS) is 17.1. The molecule has 0 aromatic heterocycles. The van der Waals surface area contributed by atoms with E-state index in [4.69, 9.17) is 9.47 Å². The maximum absolute atomic E-state index is 12.1. The van der Waals surface area contributed by atoms with Gasteiger partial charge in [0.25, 0.3) is 0 Å². The molecule has 0 bridgehead atoms. The van der Waals surface area contributed by atoms with Gasteiger partial charge in [0.05, 0.1) is 13.2 Å². The van der Waals surface area contributed by atoms with Crippen molar-refractivity contribution >= 4 is 23.2 Å². The Labute approximate surface area is 128 Å². The molecule has 0 saturated carbocycles. The number of hydrogen-bond acceptors (Lipinski definition) is 6. The van der Waals surface area contributed by atoms with Gasteiger partial charge in [0.2, 0.25) is 0 Å². The molecule has 1 atom stereocenters. The standard InChI is InChI=1S/C16H19NO5/c1-3-21-15(19)12-9-13(18)14(16(20)22-4-2)10-7-5-6-8-11(10)17-12/h5-8,12,17-18H,3-4,9H2,1-2H3/t12-/m1/s1. The molecule has 0 spiro atoms. The lowest BCUT2D eigenvalue weighted by Crippen LogP contribution is -2.31. The van der Waals surface area contributed by atoms with Gasteiger partial charge in [-0.3, -0.25) is 0 Å². The Morgan fingerprint density at radius 3 is 2.59 bits per heavy atom. The molecule has 0 saturated heterocycles. The molecule has 1 aliphatic rings. The molecule has 22 heavy (non-hydrogen) atoms. The van der Waals surface area contributed by atoms with Crippen LogP contribution < -0.4 is 5.32 Å². The third-order valence-corrected chi connectivity index (χ3v) is 3.26. The smallest absolute Gasteiger partial charge is 0.342 e. The molecular weight excluding hydrogens is 286 g/mol. The minimum Gasteiger partial charge on any atom is -0.511 e. The van der Waals surface area contributed by atoms with E-state index < -0.39 is 18.0 Å². The fourth-order valence-electron chi connectivity index (χ4n) is 2.33. The van der Waals surface area contributed by atoms with Crippen LogP contribution in [-0.4, -0.2) is 36.3 Å². The largest absolute Gasteiger partial charge is 0.511 e. The lowest BCUT2D eigenvalue weighted by atomic mass is 10.0. The van der Waals surface area contributed by atoms with E-state index in [9.17, 15) is 14.7 Å². The number of benzene rings is 1.